The number of aromatic nitrogens is 2. The largest absolute Gasteiger partial charge is 0.368 e. The molecule has 26 heavy (non-hydrogen) atoms. The predicted octanol–water partition coefficient (Wildman–Crippen LogP) is 3.49. The van der Waals surface area contributed by atoms with E-state index in [9.17, 15) is 0 Å². The van der Waals surface area contributed by atoms with Gasteiger partial charge in [-0.15, -0.1) is 0 Å². The second-order valence-corrected chi connectivity index (χ2v) is 7.38. The minimum atomic E-state index is 0.900. The van der Waals surface area contributed by atoms with E-state index in [0.717, 1.165) is 56.7 Å². The maximum Gasteiger partial charge on any atom is 0.227 e. The van der Waals surface area contributed by atoms with Gasteiger partial charge in [-0.25, -0.2) is 4.98 Å². The third kappa shape index (κ3) is 3.92. The van der Waals surface area contributed by atoms with Crippen LogP contribution in [-0.4, -0.2) is 49.2 Å². The fourth-order valence-corrected chi connectivity index (χ4v) is 3.94. The average Bonchev–Trinajstić information content (AvgIpc) is 2.98. The summed E-state index contributed by atoms with van der Waals surface area (Å²) in [5.41, 5.74) is 2.38. The molecule has 1 aromatic carbocycles. The Balaban J connectivity index is 1.46. The van der Waals surface area contributed by atoms with E-state index >= 15 is 0 Å². The summed E-state index contributed by atoms with van der Waals surface area (Å²) in [6.07, 6.45) is 5.23. The molecule has 0 atom stereocenters. The highest BCUT2D eigenvalue weighted by molar-refractivity contribution is 5.50. The summed E-state index contributed by atoms with van der Waals surface area (Å²) in [5.74, 6) is 2.01. The summed E-state index contributed by atoms with van der Waals surface area (Å²) < 4.78 is 0. The van der Waals surface area contributed by atoms with Crippen molar-refractivity contribution in [3.63, 3.8) is 0 Å². The number of aryl methyl sites for hydroxylation is 1. The van der Waals surface area contributed by atoms with Crippen LogP contribution in [0, 0.1) is 6.92 Å². The molecule has 0 amide bonds. The summed E-state index contributed by atoms with van der Waals surface area (Å²) in [7, 11) is 0. The van der Waals surface area contributed by atoms with Gasteiger partial charge in [0.1, 0.15) is 5.82 Å². The first kappa shape index (κ1) is 17.1. The molecule has 5 nitrogen and oxygen atoms in total. The molecule has 2 fully saturated rings. The summed E-state index contributed by atoms with van der Waals surface area (Å²) in [6.45, 7) is 8.30. The molecular weight excluding hydrogens is 322 g/mol. The molecule has 0 aliphatic carbocycles. The monoisotopic (exact) mass is 351 g/mol. The molecule has 1 aromatic heterocycles. The van der Waals surface area contributed by atoms with Crippen LogP contribution in [0.2, 0.25) is 0 Å². The van der Waals surface area contributed by atoms with E-state index in [4.69, 9.17) is 9.97 Å². The summed E-state index contributed by atoms with van der Waals surface area (Å²) in [6, 6.07) is 12.8. The van der Waals surface area contributed by atoms with Crippen LogP contribution in [0.1, 0.15) is 31.4 Å². The lowest BCUT2D eigenvalue weighted by Gasteiger charge is -2.36. The Kier molecular flexibility index (Phi) is 5.23. The Hall–Kier alpha value is -2.30. The van der Waals surface area contributed by atoms with E-state index in [2.05, 4.69) is 58.0 Å². The number of nitrogens with zero attached hydrogens (tertiary/aromatic N) is 5. The van der Waals surface area contributed by atoms with Crippen molar-refractivity contribution in [3.05, 3.63) is 42.1 Å². The zero-order chi connectivity index (χ0) is 17.8. The molecule has 0 bridgehead atoms. The van der Waals surface area contributed by atoms with E-state index in [-0.39, 0.29) is 0 Å². The van der Waals surface area contributed by atoms with Crippen molar-refractivity contribution >= 4 is 17.5 Å². The molecule has 2 aliphatic rings. The van der Waals surface area contributed by atoms with Gasteiger partial charge in [-0.1, -0.05) is 31.0 Å². The van der Waals surface area contributed by atoms with Gasteiger partial charge < -0.3 is 14.7 Å². The van der Waals surface area contributed by atoms with Crippen molar-refractivity contribution in [3.8, 4) is 0 Å². The number of para-hydroxylation sites is 1. The second kappa shape index (κ2) is 7.94. The highest BCUT2D eigenvalue weighted by Crippen LogP contribution is 2.23. The second-order valence-electron chi connectivity index (χ2n) is 7.38. The Morgan fingerprint density at radius 3 is 2.04 bits per heavy atom. The molecule has 5 heteroatoms. The smallest absolute Gasteiger partial charge is 0.227 e. The lowest BCUT2D eigenvalue weighted by molar-refractivity contribution is 0.637. The fraction of sp³-hybridized carbons (Fsp3) is 0.524. The van der Waals surface area contributed by atoms with Gasteiger partial charge in [0.05, 0.1) is 0 Å². The maximum atomic E-state index is 4.94. The van der Waals surface area contributed by atoms with Crippen LogP contribution >= 0.6 is 0 Å². The van der Waals surface area contributed by atoms with E-state index in [1.54, 1.807) is 0 Å². The Morgan fingerprint density at radius 1 is 0.692 bits per heavy atom. The molecule has 2 aliphatic heterocycles. The maximum absolute atomic E-state index is 4.94. The standard InChI is InChI=1S/C21H29N5/c1-18-17-20(25-11-7-2-3-8-12-25)23-21(22-18)26-15-13-24(14-16-26)19-9-5-4-6-10-19/h4-6,9-10,17H,2-3,7-8,11-16H2,1H3. The molecule has 0 radical (unpaired) electrons. The first-order valence-corrected chi connectivity index (χ1v) is 9.95. The van der Waals surface area contributed by atoms with Gasteiger partial charge in [0.25, 0.3) is 0 Å². The van der Waals surface area contributed by atoms with Crippen LogP contribution < -0.4 is 14.7 Å². The van der Waals surface area contributed by atoms with Crippen molar-refractivity contribution < 1.29 is 0 Å². The van der Waals surface area contributed by atoms with Gasteiger partial charge >= 0.3 is 0 Å². The highest BCUT2D eigenvalue weighted by atomic mass is 15.3. The normalized spacial score (nSPS) is 18.7. The van der Waals surface area contributed by atoms with Crippen molar-refractivity contribution in [1.82, 2.24) is 9.97 Å². The van der Waals surface area contributed by atoms with Crippen molar-refractivity contribution in [1.29, 1.82) is 0 Å². The Labute approximate surface area is 156 Å². The van der Waals surface area contributed by atoms with Crippen molar-refractivity contribution in [2.45, 2.75) is 32.6 Å². The summed E-state index contributed by atoms with van der Waals surface area (Å²) in [4.78, 5) is 16.9. The van der Waals surface area contributed by atoms with Gasteiger partial charge in [-0.05, 0) is 31.9 Å². The molecule has 2 aromatic rings. The van der Waals surface area contributed by atoms with Crippen molar-refractivity contribution in [2.75, 3.05) is 54.0 Å². The lowest BCUT2D eigenvalue weighted by Crippen LogP contribution is -2.47. The molecule has 0 spiro atoms. The van der Waals surface area contributed by atoms with Gasteiger partial charge in [0, 0.05) is 56.7 Å². The number of anilines is 3. The predicted molar refractivity (Wildman–Crippen MR) is 108 cm³/mol. The van der Waals surface area contributed by atoms with Gasteiger partial charge in [0.2, 0.25) is 5.95 Å². The molecule has 0 unspecified atom stereocenters. The average molecular weight is 351 g/mol. The number of hydrogen-bond donors (Lipinski definition) is 0. The molecule has 3 heterocycles. The van der Waals surface area contributed by atoms with Crippen LogP contribution in [0.15, 0.2) is 36.4 Å². The minimum absolute atomic E-state index is 0.900. The fourth-order valence-electron chi connectivity index (χ4n) is 3.94. The molecule has 138 valence electrons. The van der Waals surface area contributed by atoms with E-state index in [1.807, 2.05) is 0 Å². The SMILES string of the molecule is Cc1cc(N2CCCCCC2)nc(N2CCN(c3ccccc3)CC2)n1. The third-order valence-corrected chi connectivity index (χ3v) is 5.44. The summed E-state index contributed by atoms with van der Waals surface area (Å²) >= 11 is 0. The first-order valence-electron chi connectivity index (χ1n) is 9.95. The van der Waals surface area contributed by atoms with Crippen LogP contribution in [0.25, 0.3) is 0 Å². The lowest BCUT2D eigenvalue weighted by atomic mass is 10.2. The van der Waals surface area contributed by atoms with Crippen LogP contribution in [0.4, 0.5) is 17.5 Å². The van der Waals surface area contributed by atoms with Crippen LogP contribution in [0.5, 0.6) is 0 Å². The molecule has 4 rings (SSSR count). The van der Waals surface area contributed by atoms with Gasteiger partial charge in [-0.3, -0.25) is 0 Å². The molecule has 0 saturated carbocycles. The minimum Gasteiger partial charge on any atom is -0.368 e. The van der Waals surface area contributed by atoms with E-state index in [1.165, 1.54) is 31.4 Å². The topological polar surface area (TPSA) is 35.5 Å². The Morgan fingerprint density at radius 2 is 1.35 bits per heavy atom. The molecule has 2 saturated heterocycles. The molecule has 0 N–H and O–H groups in total. The van der Waals surface area contributed by atoms with Crippen molar-refractivity contribution in [2.24, 2.45) is 0 Å². The molecular formula is C21H29N5. The Bertz CT molecular complexity index is 702. The van der Waals surface area contributed by atoms with Gasteiger partial charge in [0.15, 0.2) is 0 Å². The summed E-state index contributed by atoms with van der Waals surface area (Å²) in [5, 5.41) is 0. The number of hydrogen-bond acceptors (Lipinski definition) is 5. The van der Waals surface area contributed by atoms with Crippen LogP contribution in [0.3, 0.4) is 0 Å². The number of rotatable bonds is 3. The van der Waals surface area contributed by atoms with E-state index < -0.39 is 0 Å². The first-order chi connectivity index (χ1) is 12.8. The third-order valence-electron chi connectivity index (χ3n) is 5.44. The zero-order valence-corrected chi connectivity index (χ0v) is 15.8. The highest BCUT2D eigenvalue weighted by Gasteiger charge is 2.21. The quantitative estimate of drug-likeness (QED) is 0.846. The van der Waals surface area contributed by atoms with Crippen LogP contribution in [-0.2, 0) is 0 Å². The zero-order valence-electron chi connectivity index (χ0n) is 15.8. The number of benzene rings is 1. The van der Waals surface area contributed by atoms with Gasteiger partial charge in [-0.2, -0.15) is 4.98 Å². The van der Waals surface area contributed by atoms with E-state index in [0.29, 0.717) is 0 Å². The number of piperazine rings is 1.